The van der Waals surface area contributed by atoms with Crippen molar-refractivity contribution in [1.29, 1.82) is 0 Å². The van der Waals surface area contributed by atoms with Crippen molar-refractivity contribution in [3.05, 3.63) is 56.5 Å². The van der Waals surface area contributed by atoms with Gasteiger partial charge in [-0.2, -0.15) is 0 Å². The molecule has 1 aliphatic heterocycles. The Balaban J connectivity index is 1.32. The molecular formula is C27H36N6O5. The summed E-state index contributed by atoms with van der Waals surface area (Å²) in [6.45, 7) is 9.32. The van der Waals surface area contributed by atoms with Crippen LogP contribution >= 0.6 is 0 Å². The molecule has 1 saturated heterocycles. The number of carbonyl (C=O) groups excluding carboxylic acids is 1. The van der Waals surface area contributed by atoms with Gasteiger partial charge in [0.15, 0.2) is 17.8 Å². The Kier molecular flexibility index (Phi) is 9.14. The van der Waals surface area contributed by atoms with Gasteiger partial charge >= 0.3 is 5.69 Å². The van der Waals surface area contributed by atoms with E-state index in [-0.39, 0.29) is 23.8 Å². The molecule has 38 heavy (non-hydrogen) atoms. The fraction of sp³-hybridized carbons (Fsp3) is 0.481. The summed E-state index contributed by atoms with van der Waals surface area (Å²) >= 11 is 0. The van der Waals surface area contributed by atoms with E-state index < -0.39 is 0 Å². The van der Waals surface area contributed by atoms with Gasteiger partial charge in [-0.1, -0.05) is 18.2 Å². The number of ether oxygens (including phenoxy) is 2. The Hall–Kier alpha value is -3.70. The topological polar surface area (TPSA) is 113 Å². The van der Waals surface area contributed by atoms with Crippen molar-refractivity contribution in [2.75, 3.05) is 46.0 Å². The molecule has 11 nitrogen and oxygen atoms in total. The number of imidazole rings is 1. The molecule has 0 saturated carbocycles. The monoisotopic (exact) mass is 524 g/mol. The number of nitrogens with zero attached hydrogens (tertiary/aromatic N) is 5. The number of fused-ring (bicyclic) bond motifs is 1. The van der Waals surface area contributed by atoms with E-state index in [1.54, 1.807) is 36.7 Å². The number of hydrogen-bond acceptors (Lipinski definition) is 7. The van der Waals surface area contributed by atoms with Gasteiger partial charge in [-0.3, -0.25) is 23.6 Å². The second-order valence-corrected chi connectivity index (χ2v) is 9.13. The highest BCUT2D eigenvalue weighted by Crippen LogP contribution is 2.16. The molecule has 1 fully saturated rings. The van der Waals surface area contributed by atoms with E-state index in [1.165, 1.54) is 9.13 Å². The highest BCUT2D eigenvalue weighted by Gasteiger charge is 2.17. The van der Waals surface area contributed by atoms with Crippen molar-refractivity contribution in [3.63, 3.8) is 0 Å². The highest BCUT2D eigenvalue weighted by atomic mass is 16.5. The lowest BCUT2D eigenvalue weighted by Crippen LogP contribution is -2.39. The number of aryl methyl sites for hydroxylation is 2. The van der Waals surface area contributed by atoms with Crippen molar-refractivity contribution < 1.29 is 14.3 Å². The van der Waals surface area contributed by atoms with E-state index in [1.807, 2.05) is 25.1 Å². The third-order valence-corrected chi connectivity index (χ3v) is 6.66. The number of aromatic nitrogens is 4. The molecule has 0 bridgehead atoms. The first-order valence-electron chi connectivity index (χ1n) is 13.1. The molecule has 1 aromatic carbocycles. The van der Waals surface area contributed by atoms with E-state index in [4.69, 9.17) is 9.47 Å². The average molecular weight is 525 g/mol. The number of morpholine rings is 1. The van der Waals surface area contributed by atoms with Gasteiger partial charge in [0.25, 0.3) is 11.5 Å². The quantitative estimate of drug-likeness (QED) is 0.377. The minimum atomic E-state index is -0.349. The summed E-state index contributed by atoms with van der Waals surface area (Å²) in [7, 11) is 1.77. The number of carbonyl (C=O) groups is 1. The zero-order chi connectivity index (χ0) is 27.1. The lowest BCUT2D eigenvalue weighted by Gasteiger charge is -2.26. The van der Waals surface area contributed by atoms with Crippen molar-refractivity contribution in [2.24, 2.45) is 7.05 Å². The van der Waals surface area contributed by atoms with Gasteiger partial charge in [0.1, 0.15) is 11.6 Å². The molecule has 0 unspecified atom stereocenters. The Labute approximate surface area is 221 Å². The maximum Gasteiger partial charge on any atom is 0.332 e. The van der Waals surface area contributed by atoms with Crippen LogP contribution in [-0.2, 0) is 29.7 Å². The van der Waals surface area contributed by atoms with Gasteiger partial charge in [-0.05, 0) is 50.6 Å². The summed E-state index contributed by atoms with van der Waals surface area (Å²) in [5.74, 6) is 1.02. The molecule has 204 valence electrons. The van der Waals surface area contributed by atoms with Crippen molar-refractivity contribution in [3.8, 4) is 5.75 Å². The zero-order valence-corrected chi connectivity index (χ0v) is 22.3. The van der Waals surface area contributed by atoms with Crippen LogP contribution in [0.5, 0.6) is 5.75 Å². The van der Waals surface area contributed by atoms with Crippen LogP contribution < -0.4 is 21.3 Å². The molecule has 3 heterocycles. The van der Waals surface area contributed by atoms with Gasteiger partial charge in [-0.25, -0.2) is 9.78 Å². The third-order valence-electron chi connectivity index (χ3n) is 6.66. The first-order valence-corrected chi connectivity index (χ1v) is 13.1. The van der Waals surface area contributed by atoms with E-state index >= 15 is 0 Å². The summed E-state index contributed by atoms with van der Waals surface area (Å²) < 4.78 is 15.4. The SMILES string of the molecule is CCn1c(=O)c2c(nc(C=Cc3ccc(OCC(=O)NCCCN4CCOCC4)cc3)n2C)n(CC)c1=O. The van der Waals surface area contributed by atoms with Crippen molar-refractivity contribution in [1.82, 2.24) is 28.9 Å². The van der Waals surface area contributed by atoms with Crippen LogP contribution in [0.2, 0.25) is 0 Å². The van der Waals surface area contributed by atoms with E-state index in [2.05, 4.69) is 15.2 Å². The summed E-state index contributed by atoms with van der Waals surface area (Å²) in [6.07, 6.45) is 4.57. The van der Waals surface area contributed by atoms with Crippen molar-refractivity contribution >= 4 is 29.2 Å². The summed E-state index contributed by atoms with van der Waals surface area (Å²) in [5, 5.41) is 2.89. The predicted molar refractivity (Wildman–Crippen MR) is 146 cm³/mol. The number of hydrogen-bond donors (Lipinski definition) is 1. The molecule has 0 aliphatic carbocycles. The number of amides is 1. The maximum absolute atomic E-state index is 12.9. The standard InChI is InChI=1S/C27H36N6O5/c1-4-32-25-24(26(35)33(5-2)27(32)36)30(3)22(29-25)12-9-20-7-10-21(11-8-20)38-19-23(34)28-13-6-14-31-15-17-37-18-16-31/h7-12H,4-6,13-19H2,1-3H3,(H,28,34). The largest absolute Gasteiger partial charge is 0.484 e. The number of nitrogens with one attached hydrogen (secondary N) is 1. The van der Waals surface area contributed by atoms with Crippen LogP contribution in [0.4, 0.5) is 0 Å². The van der Waals surface area contributed by atoms with Gasteiger partial charge in [0, 0.05) is 39.8 Å². The molecular weight excluding hydrogens is 488 g/mol. The van der Waals surface area contributed by atoms with Crippen LogP contribution in [0, 0.1) is 0 Å². The van der Waals surface area contributed by atoms with Gasteiger partial charge in [0.05, 0.1) is 13.2 Å². The first kappa shape index (κ1) is 27.3. The Bertz CT molecular complexity index is 1400. The second-order valence-electron chi connectivity index (χ2n) is 9.13. The van der Waals surface area contributed by atoms with E-state index in [9.17, 15) is 14.4 Å². The highest BCUT2D eigenvalue weighted by molar-refractivity contribution is 5.78. The molecule has 4 rings (SSSR count). The Morgan fingerprint density at radius 3 is 2.47 bits per heavy atom. The van der Waals surface area contributed by atoms with Crippen LogP contribution in [-0.4, -0.2) is 75.5 Å². The zero-order valence-electron chi connectivity index (χ0n) is 22.3. The molecule has 2 aromatic heterocycles. The Morgan fingerprint density at radius 2 is 1.79 bits per heavy atom. The second kappa shape index (κ2) is 12.7. The van der Waals surface area contributed by atoms with Gasteiger partial charge < -0.3 is 19.4 Å². The molecule has 3 aromatic rings. The first-order chi connectivity index (χ1) is 18.4. The molecule has 0 spiro atoms. The van der Waals surface area contributed by atoms with E-state index in [0.717, 1.165) is 44.8 Å². The van der Waals surface area contributed by atoms with Crippen LogP contribution in [0.25, 0.3) is 23.3 Å². The summed E-state index contributed by atoms with van der Waals surface area (Å²) in [4.78, 5) is 44.5. The lowest BCUT2D eigenvalue weighted by molar-refractivity contribution is -0.123. The Morgan fingerprint density at radius 1 is 1.08 bits per heavy atom. The molecule has 11 heteroatoms. The van der Waals surface area contributed by atoms with Crippen LogP contribution in [0.3, 0.4) is 0 Å². The molecule has 1 amide bonds. The van der Waals surface area contributed by atoms with E-state index in [0.29, 0.717) is 42.4 Å². The molecule has 1 N–H and O–H groups in total. The predicted octanol–water partition coefficient (Wildman–Crippen LogP) is 1.32. The fourth-order valence-corrected chi connectivity index (χ4v) is 4.49. The molecule has 0 radical (unpaired) electrons. The minimum absolute atomic E-state index is 0.0407. The normalized spacial score (nSPS) is 14.4. The molecule has 0 atom stereocenters. The average Bonchev–Trinajstić information content (AvgIpc) is 3.26. The van der Waals surface area contributed by atoms with Crippen LogP contribution in [0.15, 0.2) is 33.9 Å². The minimum Gasteiger partial charge on any atom is -0.484 e. The fourth-order valence-electron chi connectivity index (χ4n) is 4.49. The third kappa shape index (κ3) is 6.22. The molecule has 1 aliphatic rings. The number of benzene rings is 1. The summed E-state index contributed by atoms with van der Waals surface area (Å²) in [5.41, 5.74) is 0.997. The lowest BCUT2D eigenvalue weighted by atomic mass is 10.2. The maximum atomic E-state index is 12.9. The van der Waals surface area contributed by atoms with Gasteiger partial charge in [-0.15, -0.1) is 0 Å². The van der Waals surface area contributed by atoms with Crippen molar-refractivity contribution in [2.45, 2.75) is 33.4 Å². The van der Waals surface area contributed by atoms with Gasteiger partial charge in [0.2, 0.25) is 0 Å². The summed E-state index contributed by atoms with van der Waals surface area (Å²) in [6, 6.07) is 7.35. The number of rotatable bonds is 11. The van der Waals surface area contributed by atoms with Crippen LogP contribution in [0.1, 0.15) is 31.7 Å². The smallest absolute Gasteiger partial charge is 0.332 e.